The van der Waals surface area contributed by atoms with Crippen molar-refractivity contribution >= 4 is 40.2 Å². The average Bonchev–Trinajstić information content (AvgIpc) is 2.95. The maximum Gasteiger partial charge on any atom is 0.240 e. The molecule has 0 saturated carbocycles. The molecule has 1 aromatic carbocycles. The fourth-order valence-corrected chi connectivity index (χ4v) is 3.08. The number of nitrogens with one attached hydrogen (secondary N) is 2. The second-order valence-corrected chi connectivity index (χ2v) is 6.58. The predicted octanol–water partition coefficient (Wildman–Crippen LogP) is 1.83. The monoisotopic (exact) mass is 349 g/mol. The Morgan fingerprint density at radius 2 is 2.12 bits per heavy atom. The number of nitrogens with zero attached hydrogens (tertiary/aromatic N) is 1. The van der Waals surface area contributed by atoms with Crippen LogP contribution in [0.1, 0.15) is 13.3 Å². The Kier molecular flexibility index (Phi) is 6.69. The van der Waals surface area contributed by atoms with Gasteiger partial charge in [-0.15, -0.1) is 0 Å². The molecule has 7 heteroatoms. The second-order valence-electron chi connectivity index (χ2n) is 5.59. The Labute approximate surface area is 145 Å². The molecule has 1 atom stereocenters. The minimum absolute atomic E-state index is 0.0641. The molecule has 0 fully saturated rings. The molecule has 0 aliphatic heterocycles. The van der Waals surface area contributed by atoms with Crippen molar-refractivity contribution in [1.82, 2.24) is 9.88 Å². The number of hydrogen-bond acceptors (Lipinski definition) is 4. The molecule has 0 saturated heterocycles. The summed E-state index contributed by atoms with van der Waals surface area (Å²) < 4.78 is 1.83. The van der Waals surface area contributed by atoms with E-state index in [2.05, 4.69) is 10.6 Å². The first-order valence-corrected chi connectivity index (χ1v) is 9.19. The number of thioether (sulfide) groups is 1. The van der Waals surface area contributed by atoms with Crippen LogP contribution in [0.2, 0.25) is 0 Å². The van der Waals surface area contributed by atoms with Crippen LogP contribution in [0.5, 0.6) is 0 Å². The van der Waals surface area contributed by atoms with Gasteiger partial charge in [-0.1, -0.05) is 6.07 Å². The average molecular weight is 349 g/mol. The lowest BCUT2D eigenvalue weighted by Gasteiger charge is -2.16. The van der Waals surface area contributed by atoms with E-state index >= 15 is 0 Å². The molecule has 0 unspecified atom stereocenters. The van der Waals surface area contributed by atoms with Crippen molar-refractivity contribution < 1.29 is 14.7 Å². The summed E-state index contributed by atoms with van der Waals surface area (Å²) in [5.41, 5.74) is 1.61. The Bertz CT molecular complexity index is 714. The van der Waals surface area contributed by atoms with Crippen molar-refractivity contribution in [2.75, 3.05) is 23.9 Å². The SMILES string of the molecule is CSCC[C@H](CO)NC(=O)Cn1ccc2c(NC(C)=O)cccc21. The van der Waals surface area contributed by atoms with E-state index in [1.807, 2.05) is 41.3 Å². The van der Waals surface area contributed by atoms with Gasteiger partial charge in [-0.2, -0.15) is 11.8 Å². The highest BCUT2D eigenvalue weighted by atomic mass is 32.2. The first-order chi connectivity index (χ1) is 11.5. The molecule has 6 nitrogen and oxygen atoms in total. The van der Waals surface area contributed by atoms with E-state index in [1.165, 1.54) is 6.92 Å². The van der Waals surface area contributed by atoms with Crippen molar-refractivity contribution in [2.45, 2.75) is 25.9 Å². The molecule has 24 heavy (non-hydrogen) atoms. The molecular weight excluding hydrogens is 326 g/mol. The molecule has 1 heterocycles. The number of hydrogen-bond donors (Lipinski definition) is 3. The van der Waals surface area contributed by atoms with Crippen molar-refractivity contribution in [1.29, 1.82) is 0 Å². The molecule has 0 bridgehead atoms. The number of carbonyl (C=O) groups is 2. The smallest absolute Gasteiger partial charge is 0.240 e. The van der Waals surface area contributed by atoms with E-state index in [4.69, 9.17) is 0 Å². The van der Waals surface area contributed by atoms with Gasteiger partial charge in [-0.3, -0.25) is 9.59 Å². The molecule has 0 aliphatic carbocycles. The maximum atomic E-state index is 12.2. The number of rotatable bonds is 8. The number of amides is 2. The number of anilines is 1. The summed E-state index contributed by atoms with van der Waals surface area (Å²) in [6, 6.07) is 7.24. The number of aliphatic hydroxyl groups is 1. The Balaban J connectivity index is 2.09. The first kappa shape index (κ1) is 18.4. The van der Waals surface area contributed by atoms with Gasteiger partial charge < -0.3 is 20.3 Å². The molecule has 3 N–H and O–H groups in total. The van der Waals surface area contributed by atoms with Crippen LogP contribution in [0.4, 0.5) is 5.69 Å². The standard InChI is InChI=1S/C17H23N3O3S/c1-12(22)18-15-4-3-5-16-14(15)6-8-20(16)10-17(23)19-13(11-21)7-9-24-2/h3-6,8,13,21H,7,9-11H2,1-2H3,(H,18,22)(H,19,23)/t13-/m1/s1. The maximum absolute atomic E-state index is 12.2. The lowest BCUT2D eigenvalue weighted by atomic mass is 10.2. The summed E-state index contributed by atoms with van der Waals surface area (Å²) in [6.07, 6.45) is 4.56. The molecule has 1 aromatic heterocycles. The van der Waals surface area contributed by atoms with Crippen molar-refractivity contribution in [3.8, 4) is 0 Å². The van der Waals surface area contributed by atoms with E-state index < -0.39 is 0 Å². The van der Waals surface area contributed by atoms with Gasteiger partial charge in [0.15, 0.2) is 0 Å². The Morgan fingerprint density at radius 1 is 1.33 bits per heavy atom. The summed E-state index contributed by atoms with van der Waals surface area (Å²) in [4.78, 5) is 23.5. The van der Waals surface area contributed by atoms with Gasteiger partial charge in [0.05, 0.1) is 23.9 Å². The summed E-state index contributed by atoms with van der Waals surface area (Å²) in [5, 5.41) is 15.9. The van der Waals surface area contributed by atoms with E-state index in [0.29, 0.717) is 0 Å². The zero-order chi connectivity index (χ0) is 17.5. The van der Waals surface area contributed by atoms with Crippen molar-refractivity contribution in [3.05, 3.63) is 30.5 Å². The van der Waals surface area contributed by atoms with Crippen LogP contribution < -0.4 is 10.6 Å². The van der Waals surface area contributed by atoms with Gasteiger partial charge in [0.1, 0.15) is 6.54 Å². The minimum atomic E-state index is -0.221. The molecule has 0 aliphatic rings. The van der Waals surface area contributed by atoms with Crippen LogP contribution in [0, 0.1) is 0 Å². The van der Waals surface area contributed by atoms with E-state index in [-0.39, 0.29) is 31.0 Å². The van der Waals surface area contributed by atoms with Crippen LogP contribution in [0.3, 0.4) is 0 Å². The second kappa shape index (κ2) is 8.75. The van der Waals surface area contributed by atoms with Gasteiger partial charge in [-0.05, 0) is 36.6 Å². The van der Waals surface area contributed by atoms with E-state index in [9.17, 15) is 14.7 Å². The number of carbonyl (C=O) groups excluding carboxylic acids is 2. The summed E-state index contributed by atoms with van der Waals surface area (Å²) in [5.74, 6) is 0.614. The highest BCUT2D eigenvalue weighted by Crippen LogP contribution is 2.24. The zero-order valence-corrected chi connectivity index (χ0v) is 14.7. The van der Waals surface area contributed by atoms with Gasteiger partial charge in [-0.25, -0.2) is 0 Å². The highest BCUT2D eigenvalue weighted by Gasteiger charge is 2.13. The third kappa shape index (κ3) is 4.75. The largest absolute Gasteiger partial charge is 0.394 e. The molecular formula is C17H23N3O3S. The van der Waals surface area contributed by atoms with E-state index in [0.717, 1.165) is 28.8 Å². The Hall–Kier alpha value is -1.99. The lowest BCUT2D eigenvalue weighted by molar-refractivity contribution is -0.122. The van der Waals surface area contributed by atoms with Gasteiger partial charge in [0.25, 0.3) is 0 Å². The topological polar surface area (TPSA) is 83.4 Å². The first-order valence-electron chi connectivity index (χ1n) is 7.79. The van der Waals surface area contributed by atoms with Crippen LogP contribution in [0.15, 0.2) is 30.5 Å². The van der Waals surface area contributed by atoms with Crippen LogP contribution in [-0.4, -0.2) is 46.1 Å². The van der Waals surface area contributed by atoms with Crippen LogP contribution in [-0.2, 0) is 16.1 Å². The predicted molar refractivity (Wildman–Crippen MR) is 98.3 cm³/mol. The zero-order valence-electron chi connectivity index (χ0n) is 13.9. The van der Waals surface area contributed by atoms with E-state index in [1.54, 1.807) is 11.8 Å². The van der Waals surface area contributed by atoms with Crippen molar-refractivity contribution in [3.63, 3.8) is 0 Å². The Morgan fingerprint density at radius 3 is 2.79 bits per heavy atom. The number of aromatic nitrogens is 1. The fourth-order valence-electron chi connectivity index (χ4n) is 2.56. The summed E-state index contributed by atoms with van der Waals surface area (Å²) in [7, 11) is 0. The summed E-state index contributed by atoms with van der Waals surface area (Å²) in [6.45, 7) is 1.57. The molecule has 2 rings (SSSR count). The number of aliphatic hydroxyl groups excluding tert-OH is 1. The third-order valence-corrected chi connectivity index (χ3v) is 4.34. The molecule has 2 aromatic rings. The highest BCUT2D eigenvalue weighted by molar-refractivity contribution is 7.98. The molecule has 0 radical (unpaired) electrons. The quantitative estimate of drug-likeness (QED) is 0.679. The van der Waals surface area contributed by atoms with Gasteiger partial charge in [0.2, 0.25) is 11.8 Å². The number of benzene rings is 1. The molecule has 130 valence electrons. The van der Waals surface area contributed by atoms with Crippen LogP contribution >= 0.6 is 11.8 Å². The van der Waals surface area contributed by atoms with Gasteiger partial charge in [0, 0.05) is 18.5 Å². The van der Waals surface area contributed by atoms with Crippen LogP contribution in [0.25, 0.3) is 10.9 Å². The summed E-state index contributed by atoms with van der Waals surface area (Å²) >= 11 is 1.68. The normalized spacial score (nSPS) is 12.1. The fraction of sp³-hybridized carbons (Fsp3) is 0.412. The minimum Gasteiger partial charge on any atom is -0.394 e. The van der Waals surface area contributed by atoms with Crippen molar-refractivity contribution in [2.24, 2.45) is 0 Å². The molecule has 2 amide bonds. The lowest BCUT2D eigenvalue weighted by Crippen LogP contribution is -2.39. The van der Waals surface area contributed by atoms with Gasteiger partial charge >= 0.3 is 0 Å². The number of fused-ring (bicyclic) bond motifs is 1. The molecule has 0 spiro atoms. The third-order valence-electron chi connectivity index (χ3n) is 3.69.